The van der Waals surface area contributed by atoms with Gasteiger partial charge in [-0.05, 0) is 31.7 Å². The minimum absolute atomic E-state index is 0.815. The first-order chi connectivity index (χ1) is 7.45. The molecule has 15 heavy (non-hydrogen) atoms. The van der Waals surface area contributed by atoms with Gasteiger partial charge >= 0.3 is 0 Å². The molecule has 2 rings (SSSR count). The van der Waals surface area contributed by atoms with Crippen LogP contribution in [0.3, 0.4) is 0 Å². The molecular weight excluding hydrogens is 190 g/mol. The molecule has 84 valence electrons. The van der Waals surface area contributed by atoms with E-state index in [1.165, 1.54) is 12.8 Å². The first-order valence-electron chi connectivity index (χ1n) is 5.72. The zero-order chi connectivity index (χ0) is 10.3. The summed E-state index contributed by atoms with van der Waals surface area (Å²) < 4.78 is 5.53. The van der Waals surface area contributed by atoms with Crippen LogP contribution in [0.15, 0.2) is 12.4 Å². The van der Waals surface area contributed by atoms with Gasteiger partial charge in [0.15, 0.2) is 0 Å². The number of H-pyrrole nitrogens is 1. The van der Waals surface area contributed by atoms with E-state index in [1.54, 1.807) is 6.20 Å². The fourth-order valence-electron chi connectivity index (χ4n) is 1.44. The summed E-state index contributed by atoms with van der Waals surface area (Å²) in [6, 6.07) is 0. The van der Waals surface area contributed by atoms with Gasteiger partial charge in [-0.25, -0.2) is 4.98 Å². The van der Waals surface area contributed by atoms with Crippen LogP contribution in [0.4, 0.5) is 0 Å². The summed E-state index contributed by atoms with van der Waals surface area (Å²) in [5.41, 5.74) is 0. The van der Waals surface area contributed by atoms with Crippen LogP contribution in [-0.2, 0) is 11.3 Å². The number of rotatable bonds is 8. The molecule has 4 heteroatoms. The maximum absolute atomic E-state index is 5.53. The molecule has 1 saturated carbocycles. The number of aromatic nitrogens is 2. The Morgan fingerprint density at radius 1 is 1.53 bits per heavy atom. The van der Waals surface area contributed by atoms with Crippen molar-refractivity contribution in [3.63, 3.8) is 0 Å². The number of imidazole rings is 1. The van der Waals surface area contributed by atoms with Gasteiger partial charge < -0.3 is 15.0 Å². The maximum atomic E-state index is 5.53. The summed E-state index contributed by atoms with van der Waals surface area (Å²) in [7, 11) is 0. The molecule has 2 N–H and O–H groups in total. The molecule has 1 heterocycles. The lowest BCUT2D eigenvalue weighted by Crippen LogP contribution is -2.17. The third-order valence-corrected chi connectivity index (χ3v) is 2.54. The van der Waals surface area contributed by atoms with Crippen LogP contribution in [0, 0.1) is 5.92 Å². The van der Waals surface area contributed by atoms with Crippen LogP contribution in [0.25, 0.3) is 0 Å². The SMILES string of the molecule is c1c[nH]c(CNCCCOCC2CC2)n1. The van der Waals surface area contributed by atoms with Crippen molar-refractivity contribution in [3.8, 4) is 0 Å². The minimum atomic E-state index is 0.815. The quantitative estimate of drug-likeness (QED) is 0.635. The van der Waals surface area contributed by atoms with Crippen LogP contribution in [0.1, 0.15) is 25.1 Å². The fourth-order valence-corrected chi connectivity index (χ4v) is 1.44. The average molecular weight is 209 g/mol. The summed E-state index contributed by atoms with van der Waals surface area (Å²) in [6.07, 6.45) is 7.44. The Balaban J connectivity index is 1.38. The highest BCUT2D eigenvalue weighted by Crippen LogP contribution is 2.28. The molecule has 0 saturated heterocycles. The summed E-state index contributed by atoms with van der Waals surface area (Å²) in [4.78, 5) is 7.19. The van der Waals surface area contributed by atoms with E-state index in [4.69, 9.17) is 4.74 Å². The van der Waals surface area contributed by atoms with Gasteiger partial charge in [0.05, 0.1) is 6.54 Å². The number of hydrogen-bond acceptors (Lipinski definition) is 3. The molecule has 0 unspecified atom stereocenters. The van der Waals surface area contributed by atoms with E-state index in [1.807, 2.05) is 6.20 Å². The van der Waals surface area contributed by atoms with E-state index in [0.29, 0.717) is 0 Å². The van der Waals surface area contributed by atoms with Crippen molar-refractivity contribution in [1.82, 2.24) is 15.3 Å². The molecule has 1 aliphatic rings. The Bertz CT molecular complexity index is 257. The van der Waals surface area contributed by atoms with Gasteiger partial charge in [-0.15, -0.1) is 0 Å². The predicted molar refractivity (Wildman–Crippen MR) is 58.5 cm³/mol. The Hall–Kier alpha value is -0.870. The molecule has 0 spiro atoms. The topological polar surface area (TPSA) is 49.9 Å². The first kappa shape index (κ1) is 10.6. The van der Waals surface area contributed by atoms with Crippen molar-refractivity contribution < 1.29 is 4.74 Å². The zero-order valence-electron chi connectivity index (χ0n) is 9.04. The van der Waals surface area contributed by atoms with Gasteiger partial charge in [-0.1, -0.05) is 0 Å². The second-order valence-electron chi connectivity index (χ2n) is 4.08. The molecule has 0 radical (unpaired) electrons. The molecule has 0 atom stereocenters. The largest absolute Gasteiger partial charge is 0.381 e. The number of hydrogen-bond donors (Lipinski definition) is 2. The lowest BCUT2D eigenvalue weighted by molar-refractivity contribution is 0.122. The Morgan fingerprint density at radius 2 is 2.47 bits per heavy atom. The third kappa shape index (κ3) is 4.44. The van der Waals surface area contributed by atoms with Gasteiger partial charge in [-0.3, -0.25) is 0 Å². The Kier molecular flexibility index (Phi) is 4.17. The second kappa shape index (κ2) is 5.88. The molecule has 0 amide bonds. The molecule has 0 bridgehead atoms. The standard InChI is InChI=1S/C11H19N3O/c1(7-15-9-10-2-3-10)4-12-8-11-13-5-6-14-11/h5-6,10,12H,1-4,7-9H2,(H,13,14). The number of aromatic amines is 1. The van der Waals surface area contributed by atoms with E-state index in [-0.39, 0.29) is 0 Å². The monoisotopic (exact) mass is 209 g/mol. The van der Waals surface area contributed by atoms with Crippen molar-refractivity contribution in [2.45, 2.75) is 25.8 Å². The molecule has 1 aromatic rings. The lowest BCUT2D eigenvalue weighted by atomic mass is 10.4. The highest BCUT2D eigenvalue weighted by Gasteiger charge is 2.20. The number of ether oxygens (including phenoxy) is 1. The van der Waals surface area contributed by atoms with Gasteiger partial charge in [-0.2, -0.15) is 0 Å². The van der Waals surface area contributed by atoms with Crippen molar-refractivity contribution in [3.05, 3.63) is 18.2 Å². The molecule has 0 aliphatic heterocycles. The third-order valence-electron chi connectivity index (χ3n) is 2.54. The lowest BCUT2D eigenvalue weighted by Gasteiger charge is -2.04. The first-order valence-corrected chi connectivity index (χ1v) is 5.72. The van der Waals surface area contributed by atoms with Crippen molar-refractivity contribution in [2.24, 2.45) is 5.92 Å². The van der Waals surface area contributed by atoms with Crippen LogP contribution < -0.4 is 5.32 Å². The highest BCUT2D eigenvalue weighted by atomic mass is 16.5. The van der Waals surface area contributed by atoms with E-state index < -0.39 is 0 Å². The predicted octanol–water partition coefficient (Wildman–Crippen LogP) is 1.32. The van der Waals surface area contributed by atoms with Crippen LogP contribution in [0.5, 0.6) is 0 Å². The second-order valence-corrected chi connectivity index (χ2v) is 4.08. The van der Waals surface area contributed by atoms with Gasteiger partial charge in [0.1, 0.15) is 5.82 Å². The smallest absolute Gasteiger partial charge is 0.120 e. The fraction of sp³-hybridized carbons (Fsp3) is 0.727. The number of nitrogens with zero attached hydrogens (tertiary/aromatic N) is 1. The van der Waals surface area contributed by atoms with E-state index >= 15 is 0 Å². The van der Waals surface area contributed by atoms with Crippen LogP contribution >= 0.6 is 0 Å². The molecule has 0 aromatic carbocycles. The van der Waals surface area contributed by atoms with Gasteiger partial charge in [0.2, 0.25) is 0 Å². The molecule has 1 aromatic heterocycles. The molecular formula is C11H19N3O. The Morgan fingerprint density at radius 3 is 3.20 bits per heavy atom. The van der Waals surface area contributed by atoms with Crippen LogP contribution in [-0.4, -0.2) is 29.7 Å². The van der Waals surface area contributed by atoms with Crippen molar-refractivity contribution in [1.29, 1.82) is 0 Å². The highest BCUT2D eigenvalue weighted by molar-refractivity contribution is 4.85. The summed E-state index contributed by atoms with van der Waals surface area (Å²) in [5, 5.41) is 3.32. The average Bonchev–Trinajstić information content (AvgIpc) is 2.92. The van der Waals surface area contributed by atoms with E-state index in [2.05, 4.69) is 15.3 Å². The number of nitrogens with one attached hydrogen (secondary N) is 2. The molecule has 4 nitrogen and oxygen atoms in total. The summed E-state index contributed by atoms with van der Waals surface area (Å²) >= 11 is 0. The van der Waals surface area contributed by atoms with Gasteiger partial charge in [0.25, 0.3) is 0 Å². The zero-order valence-corrected chi connectivity index (χ0v) is 9.04. The van der Waals surface area contributed by atoms with Crippen LogP contribution in [0.2, 0.25) is 0 Å². The Labute approximate surface area is 90.4 Å². The molecule has 1 fully saturated rings. The van der Waals surface area contributed by atoms with Crippen molar-refractivity contribution >= 4 is 0 Å². The van der Waals surface area contributed by atoms with E-state index in [0.717, 1.165) is 44.5 Å². The van der Waals surface area contributed by atoms with Gasteiger partial charge in [0, 0.05) is 25.6 Å². The minimum Gasteiger partial charge on any atom is -0.381 e. The summed E-state index contributed by atoms with van der Waals surface area (Å²) in [5.74, 6) is 1.87. The summed E-state index contributed by atoms with van der Waals surface area (Å²) in [6.45, 7) is 3.65. The normalized spacial score (nSPS) is 15.7. The van der Waals surface area contributed by atoms with Crippen molar-refractivity contribution in [2.75, 3.05) is 19.8 Å². The van der Waals surface area contributed by atoms with E-state index in [9.17, 15) is 0 Å². The maximum Gasteiger partial charge on any atom is 0.120 e. The molecule has 1 aliphatic carbocycles.